The van der Waals surface area contributed by atoms with Gasteiger partial charge in [0.15, 0.2) is 0 Å². The lowest BCUT2D eigenvalue weighted by atomic mass is 9.97. The second kappa shape index (κ2) is 6.30. The van der Waals surface area contributed by atoms with Crippen LogP contribution in [0.25, 0.3) is 10.1 Å². The largest absolute Gasteiger partial charge is 0.313 e. The normalized spacial score (nSPS) is 12.7. The maximum absolute atomic E-state index is 3.74. The van der Waals surface area contributed by atoms with Gasteiger partial charge in [-0.2, -0.15) is 0 Å². The molecular weight excluding hydrogens is 342 g/mol. The minimum absolute atomic E-state index is 0.317. The van der Waals surface area contributed by atoms with Gasteiger partial charge in [0.2, 0.25) is 0 Å². The number of likely N-dealkylation sites (N-methyl/N-ethyl adjacent to an activating group) is 1. The maximum Gasteiger partial charge on any atom is 0.0370 e. The van der Waals surface area contributed by atoms with Crippen molar-refractivity contribution in [1.82, 2.24) is 5.32 Å². The van der Waals surface area contributed by atoms with Crippen LogP contribution in [0.15, 0.2) is 52.3 Å². The average Bonchev–Trinajstić information content (AvgIpc) is 2.91. The summed E-state index contributed by atoms with van der Waals surface area (Å²) in [6, 6.07) is 15.4. The molecule has 3 aromatic rings. The molecule has 21 heavy (non-hydrogen) atoms. The highest BCUT2D eigenvalue weighted by Crippen LogP contribution is 2.32. The molecule has 1 nitrogen and oxygen atoms in total. The Balaban J connectivity index is 1.96. The zero-order valence-electron chi connectivity index (χ0n) is 12.2. The molecule has 3 heteroatoms. The van der Waals surface area contributed by atoms with Crippen LogP contribution in [0.5, 0.6) is 0 Å². The molecule has 2 aromatic carbocycles. The molecule has 0 aliphatic carbocycles. The zero-order valence-corrected chi connectivity index (χ0v) is 14.6. The number of nitrogens with one attached hydrogen (secondary N) is 1. The molecule has 1 N–H and O–H groups in total. The average molecular weight is 360 g/mol. The van der Waals surface area contributed by atoms with Crippen LogP contribution in [0, 0.1) is 6.92 Å². The van der Waals surface area contributed by atoms with Crippen LogP contribution in [0.2, 0.25) is 0 Å². The molecule has 0 aliphatic heterocycles. The molecule has 1 unspecified atom stereocenters. The van der Waals surface area contributed by atoms with Gasteiger partial charge in [-0.15, -0.1) is 11.3 Å². The highest BCUT2D eigenvalue weighted by atomic mass is 79.9. The van der Waals surface area contributed by atoms with Gasteiger partial charge in [-0.25, -0.2) is 0 Å². The summed E-state index contributed by atoms with van der Waals surface area (Å²) < 4.78 is 2.58. The van der Waals surface area contributed by atoms with Crippen LogP contribution >= 0.6 is 27.3 Å². The second-order valence-corrected chi connectivity index (χ2v) is 6.98. The van der Waals surface area contributed by atoms with E-state index in [0.29, 0.717) is 6.04 Å². The summed E-state index contributed by atoms with van der Waals surface area (Å²) >= 11 is 5.57. The lowest BCUT2D eigenvalue weighted by Crippen LogP contribution is -2.19. The molecule has 1 atom stereocenters. The molecule has 0 saturated heterocycles. The summed E-state index contributed by atoms with van der Waals surface area (Å²) in [5.74, 6) is 0. The van der Waals surface area contributed by atoms with Gasteiger partial charge in [0.1, 0.15) is 0 Å². The molecule has 0 amide bonds. The monoisotopic (exact) mass is 359 g/mol. The van der Waals surface area contributed by atoms with Crippen molar-refractivity contribution in [2.75, 3.05) is 7.05 Å². The van der Waals surface area contributed by atoms with Gasteiger partial charge in [0.25, 0.3) is 0 Å². The molecule has 0 saturated carbocycles. The van der Waals surface area contributed by atoms with E-state index >= 15 is 0 Å². The third-order valence-corrected chi connectivity index (χ3v) is 6.03. The fraction of sp³-hybridized carbons (Fsp3) is 0.222. The fourth-order valence-electron chi connectivity index (χ4n) is 2.72. The zero-order chi connectivity index (χ0) is 14.8. The van der Waals surface area contributed by atoms with Crippen molar-refractivity contribution in [1.29, 1.82) is 0 Å². The molecule has 0 radical (unpaired) electrons. The minimum Gasteiger partial charge on any atom is -0.313 e. The van der Waals surface area contributed by atoms with Gasteiger partial charge in [-0.05, 0) is 53.9 Å². The van der Waals surface area contributed by atoms with E-state index in [1.807, 2.05) is 18.4 Å². The van der Waals surface area contributed by atoms with E-state index in [1.165, 1.54) is 31.2 Å². The van der Waals surface area contributed by atoms with E-state index in [1.54, 1.807) is 0 Å². The standard InChI is InChI=1S/C18H18BrNS/c1-12-6-5-8-15(18(12)19)16(20-2)10-13-11-21-17-9-4-3-7-14(13)17/h3-9,11,16,20H,10H2,1-2H3. The van der Waals surface area contributed by atoms with Gasteiger partial charge in [-0.1, -0.05) is 52.3 Å². The lowest BCUT2D eigenvalue weighted by molar-refractivity contribution is 0.592. The maximum atomic E-state index is 3.74. The lowest BCUT2D eigenvalue weighted by Gasteiger charge is -2.19. The van der Waals surface area contributed by atoms with Crippen LogP contribution in [0.3, 0.4) is 0 Å². The van der Waals surface area contributed by atoms with E-state index in [0.717, 1.165) is 6.42 Å². The van der Waals surface area contributed by atoms with Crippen LogP contribution in [0.4, 0.5) is 0 Å². The first-order valence-corrected chi connectivity index (χ1v) is 8.75. The highest BCUT2D eigenvalue weighted by molar-refractivity contribution is 9.10. The third kappa shape index (κ3) is 2.91. The van der Waals surface area contributed by atoms with E-state index in [9.17, 15) is 0 Å². The first-order chi connectivity index (χ1) is 10.2. The predicted molar refractivity (Wildman–Crippen MR) is 96.2 cm³/mol. The Morgan fingerprint density at radius 3 is 2.76 bits per heavy atom. The molecule has 108 valence electrons. The molecule has 0 bridgehead atoms. The van der Waals surface area contributed by atoms with Crippen molar-refractivity contribution >= 4 is 37.4 Å². The van der Waals surface area contributed by atoms with Gasteiger partial charge in [0.05, 0.1) is 0 Å². The number of halogens is 1. The summed E-state index contributed by atoms with van der Waals surface area (Å²) in [7, 11) is 2.04. The van der Waals surface area contributed by atoms with E-state index in [-0.39, 0.29) is 0 Å². The number of benzene rings is 2. The Bertz CT molecular complexity index is 763. The SMILES string of the molecule is CNC(Cc1csc2ccccc12)c1cccc(C)c1Br. The van der Waals surface area contributed by atoms with Crippen molar-refractivity contribution in [3.05, 3.63) is 69.0 Å². The Hall–Kier alpha value is -1.16. The molecule has 1 heterocycles. The fourth-order valence-corrected chi connectivity index (χ4v) is 4.23. The molecule has 3 rings (SSSR count). The van der Waals surface area contributed by atoms with Crippen molar-refractivity contribution in [3.8, 4) is 0 Å². The molecule has 0 aliphatic rings. The van der Waals surface area contributed by atoms with Crippen LogP contribution in [-0.2, 0) is 6.42 Å². The number of hydrogen-bond donors (Lipinski definition) is 1. The minimum atomic E-state index is 0.317. The number of aryl methyl sites for hydroxylation is 1. The van der Waals surface area contributed by atoms with Crippen molar-refractivity contribution < 1.29 is 0 Å². The van der Waals surface area contributed by atoms with E-state index in [2.05, 4.69) is 76.0 Å². The third-order valence-electron chi connectivity index (χ3n) is 3.93. The topological polar surface area (TPSA) is 12.0 Å². The number of fused-ring (bicyclic) bond motifs is 1. The Kier molecular flexibility index (Phi) is 4.43. The molecule has 0 fully saturated rings. The quantitative estimate of drug-likeness (QED) is 0.650. The van der Waals surface area contributed by atoms with E-state index in [4.69, 9.17) is 0 Å². The van der Waals surface area contributed by atoms with Gasteiger partial charge >= 0.3 is 0 Å². The molecule has 1 aromatic heterocycles. The summed E-state index contributed by atoms with van der Waals surface area (Å²) in [5.41, 5.74) is 4.03. The molecular formula is C18H18BrNS. The van der Waals surface area contributed by atoms with Crippen LogP contribution < -0.4 is 5.32 Å². The summed E-state index contributed by atoms with van der Waals surface area (Å²) in [6.45, 7) is 2.14. The summed E-state index contributed by atoms with van der Waals surface area (Å²) in [4.78, 5) is 0. The van der Waals surface area contributed by atoms with E-state index < -0.39 is 0 Å². The first kappa shape index (κ1) is 14.8. The van der Waals surface area contributed by atoms with Crippen LogP contribution in [-0.4, -0.2) is 7.05 Å². The highest BCUT2D eigenvalue weighted by Gasteiger charge is 2.16. The number of thiophene rings is 1. The number of hydrogen-bond acceptors (Lipinski definition) is 2. The van der Waals surface area contributed by atoms with Crippen molar-refractivity contribution in [3.63, 3.8) is 0 Å². The Morgan fingerprint density at radius 1 is 1.14 bits per heavy atom. The summed E-state index contributed by atoms with van der Waals surface area (Å²) in [6.07, 6.45) is 1.00. The van der Waals surface area contributed by atoms with Crippen molar-refractivity contribution in [2.45, 2.75) is 19.4 Å². The second-order valence-electron chi connectivity index (χ2n) is 5.28. The smallest absolute Gasteiger partial charge is 0.0370 e. The van der Waals surface area contributed by atoms with Gasteiger partial charge < -0.3 is 5.32 Å². The summed E-state index contributed by atoms with van der Waals surface area (Å²) in [5, 5.41) is 7.14. The number of rotatable bonds is 4. The van der Waals surface area contributed by atoms with Crippen molar-refractivity contribution in [2.24, 2.45) is 0 Å². The van der Waals surface area contributed by atoms with Crippen LogP contribution in [0.1, 0.15) is 22.7 Å². The Labute approximate surface area is 138 Å². The van der Waals surface area contributed by atoms with Gasteiger partial charge in [-0.3, -0.25) is 0 Å². The first-order valence-electron chi connectivity index (χ1n) is 7.08. The van der Waals surface area contributed by atoms with Gasteiger partial charge in [0, 0.05) is 15.2 Å². The molecule has 0 spiro atoms. The Morgan fingerprint density at radius 2 is 1.95 bits per heavy atom. The predicted octanol–water partition coefficient (Wildman–Crippen LogP) is 5.48.